The normalized spacial score (nSPS) is 29.8. The van der Waals surface area contributed by atoms with Gasteiger partial charge in [-0.3, -0.25) is 9.97 Å². The number of fused-ring (bicyclic) bond motifs is 3. The summed E-state index contributed by atoms with van der Waals surface area (Å²) in [7, 11) is 0. The number of aromatic nitrogens is 2. The smallest absolute Gasteiger partial charge is 0.410 e. The molecule has 3 atom stereocenters. The molecule has 33 heavy (non-hydrogen) atoms. The van der Waals surface area contributed by atoms with Gasteiger partial charge in [0.15, 0.2) is 0 Å². The lowest BCUT2D eigenvalue weighted by atomic mass is 9.93. The van der Waals surface area contributed by atoms with Crippen LogP contribution in [0.2, 0.25) is 0 Å². The van der Waals surface area contributed by atoms with Crippen molar-refractivity contribution in [3.05, 3.63) is 30.7 Å². The van der Waals surface area contributed by atoms with Gasteiger partial charge in [0, 0.05) is 30.7 Å². The highest BCUT2D eigenvalue weighted by Gasteiger charge is 2.45. The molecule has 7 nitrogen and oxygen atoms in total. The van der Waals surface area contributed by atoms with Crippen LogP contribution >= 0.6 is 0 Å². The average molecular weight is 454 g/mol. The Hall–Kier alpha value is -2.41. The first-order valence-corrected chi connectivity index (χ1v) is 12.4. The number of carbonyl (C=O) groups excluding carboxylic acids is 1. The van der Waals surface area contributed by atoms with Gasteiger partial charge >= 0.3 is 6.09 Å². The van der Waals surface area contributed by atoms with Crippen LogP contribution in [-0.2, 0) is 9.47 Å². The summed E-state index contributed by atoms with van der Waals surface area (Å²) >= 11 is 0. The highest BCUT2D eigenvalue weighted by atomic mass is 16.6. The molecule has 4 heterocycles. The Labute approximate surface area is 195 Å². The van der Waals surface area contributed by atoms with Crippen LogP contribution < -0.4 is 4.74 Å². The zero-order chi connectivity index (χ0) is 23.0. The maximum absolute atomic E-state index is 12.7. The van der Waals surface area contributed by atoms with Crippen molar-refractivity contribution in [1.82, 2.24) is 14.9 Å². The molecule has 1 saturated carbocycles. The Balaban J connectivity index is 1.12. The minimum atomic E-state index is -0.455. The van der Waals surface area contributed by atoms with E-state index in [0.717, 1.165) is 68.0 Å². The Kier molecular flexibility index (Phi) is 6.16. The third-order valence-electron chi connectivity index (χ3n) is 7.10. The van der Waals surface area contributed by atoms with Crippen LogP contribution in [0.3, 0.4) is 0 Å². The number of piperidine rings is 1. The predicted molar refractivity (Wildman–Crippen MR) is 125 cm³/mol. The summed E-state index contributed by atoms with van der Waals surface area (Å²) in [6.07, 6.45) is 13.9. The molecule has 0 aromatic carbocycles. The number of nitrogens with zero attached hydrogens (tertiary/aromatic N) is 3. The lowest BCUT2D eigenvalue weighted by Crippen LogP contribution is -2.50. The van der Waals surface area contributed by atoms with Gasteiger partial charge in [-0.1, -0.05) is 0 Å². The van der Waals surface area contributed by atoms with Crippen molar-refractivity contribution in [2.24, 2.45) is 0 Å². The lowest BCUT2D eigenvalue weighted by Gasteiger charge is -2.41. The minimum Gasteiger partial charge on any atom is -0.490 e. The molecule has 0 unspecified atom stereocenters. The maximum Gasteiger partial charge on any atom is 0.410 e. The first-order valence-electron chi connectivity index (χ1n) is 12.4. The summed E-state index contributed by atoms with van der Waals surface area (Å²) < 4.78 is 18.5. The third kappa shape index (κ3) is 5.08. The maximum atomic E-state index is 12.7. The quantitative estimate of drug-likeness (QED) is 0.628. The van der Waals surface area contributed by atoms with Crippen LogP contribution in [0.1, 0.15) is 72.1 Å². The molecule has 2 saturated heterocycles. The van der Waals surface area contributed by atoms with Crippen LogP contribution in [-0.4, -0.2) is 57.0 Å². The topological polar surface area (TPSA) is 73.8 Å². The number of hydrogen-bond donors (Lipinski definition) is 0. The fourth-order valence-electron chi connectivity index (χ4n) is 5.66. The van der Waals surface area contributed by atoms with Gasteiger partial charge in [0.1, 0.15) is 11.4 Å². The fourth-order valence-corrected chi connectivity index (χ4v) is 5.66. The van der Waals surface area contributed by atoms with Crippen molar-refractivity contribution >= 4 is 17.0 Å². The van der Waals surface area contributed by atoms with Crippen molar-refractivity contribution in [1.29, 1.82) is 0 Å². The fraction of sp³-hybridized carbons (Fsp3) is 0.654. The molecule has 7 heteroatoms. The molecule has 2 aromatic rings. The zero-order valence-electron chi connectivity index (χ0n) is 19.9. The van der Waals surface area contributed by atoms with Crippen molar-refractivity contribution in [2.45, 2.75) is 108 Å². The minimum absolute atomic E-state index is 0.162. The second-order valence-electron chi connectivity index (χ2n) is 10.7. The van der Waals surface area contributed by atoms with E-state index >= 15 is 0 Å². The van der Waals surface area contributed by atoms with Crippen LogP contribution in [0.4, 0.5) is 4.79 Å². The Morgan fingerprint density at radius 2 is 1.64 bits per heavy atom. The molecular formula is C26H35N3O4. The average Bonchev–Trinajstić information content (AvgIpc) is 3.05. The predicted octanol–water partition coefficient (Wildman–Crippen LogP) is 5.27. The van der Waals surface area contributed by atoms with Crippen LogP contribution in [0, 0.1) is 0 Å². The van der Waals surface area contributed by atoms with E-state index < -0.39 is 5.60 Å². The second kappa shape index (κ2) is 9.09. The molecule has 178 valence electrons. The standard InChI is InChI=1S/C26H35N3O4/c1-26(2,3)33-25(30)29-17-4-5-18(29)15-21(14-17)31-19-6-8-20(9-7-19)32-24-11-13-28-23-10-12-27-16-22(23)24/h10-13,16-21H,4-9,14-15H2,1-3H3/t17-,18+,19-,20-,21-. The first kappa shape index (κ1) is 22.4. The number of pyridine rings is 2. The molecule has 1 aliphatic carbocycles. The summed E-state index contributed by atoms with van der Waals surface area (Å²) in [6, 6.07) is 4.34. The summed E-state index contributed by atoms with van der Waals surface area (Å²) in [5.74, 6) is 0.864. The van der Waals surface area contributed by atoms with Crippen LogP contribution in [0.5, 0.6) is 5.75 Å². The monoisotopic (exact) mass is 453 g/mol. The van der Waals surface area contributed by atoms with Gasteiger partial charge in [-0.05, 0) is 84.3 Å². The van der Waals surface area contributed by atoms with E-state index in [-0.39, 0.29) is 36.5 Å². The highest BCUT2D eigenvalue weighted by molar-refractivity contribution is 5.83. The Morgan fingerprint density at radius 1 is 0.939 bits per heavy atom. The van der Waals surface area contributed by atoms with Crippen molar-refractivity contribution < 1.29 is 19.0 Å². The number of carbonyl (C=O) groups is 1. The van der Waals surface area contributed by atoms with Gasteiger partial charge in [0.05, 0.1) is 29.2 Å². The lowest BCUT2D eigenvalue weighted by molar-refractivity contribution is -0.0812. The van der Waals surface area contributed by atoms with E-state index in [2.05, 4.69) is 9.97 Å². The number of ether oxygens (including phenoxy) is 3. The van der Waals surface area contributed by atoms with Gasteiger partial charge < -0.3 is 19.1 Å². The number of amides is 1. The van der Waals surface area contributed by atoms with Gasteiger partial charge in [0.25, 0.3) is 0 Å². The third-order valence-corrected chi connectivity index (χ3v) is 7.10. The van der Waals surface area contributed by atoms with E-state index in [4.69, 9.17) is 14.2 Å². The zero-order valence-corrected chi connectivity index (χ0v) is 19.9. The van der Waals surface area contributed by atoms with Crippen LogP contribution in [0.25, 0.3) is 10.9 Å². The first-order chi connectivity index (χ1) is 15.9. The number of hydrogen-bond acceptors (Lipinski definition) is 6. The molecule has 3 aliphatic rings. The molecular weight excluding hydrogens is 418 g/mol. The number of rotatable bonds is 4. The molecule has 2 aliphatic heterocycles. The summed E-state index contributed by atoms with van der Waals surface area (Å²) in [5.41, 5.74) is 0.454. The molecule has 2 bridgehead atoms. The molecule has 1 amide bonds. The van der Waals surface area contributed by atoms with Crippen molar-refractivity contribution in [3.8, 4) is 5.75 Å². The highest BCUT2D eigenvalue weighted by Crippen LogP contribution is 2.39. The van der Waals surface area contributed by atoms with Gasteiger partial charge in [-0.15, -0.1) is 0 Å². The molecule has 3 fully saturated rings. The van der Waals surface area contributed by atoms with Crippen molar-refractivity contribution in [2.75, 3.05) is 0 Å². The van der Waals surface area contributed by atoms with E-state index in [1.807, 2.05) is 44.0 Å². The molecule has 2 aromatic heterocycles. The SMILES string of the molecule is CC(C)(C)OC(=O)N1[C@@H]2CC[C@H]1C[C@H](O[C@H]1CC[C@H](Oc3ccnc4ccncc34)CC1)C2. The summed E-state index contributed by atoms with van der Waals surface area (Å²) in [4.78, 5) is 23.3. The van der Waals surface area contributed by atoms with Crippen molar-refractivity contribution in [3.63, 3.8) is 0 Å². The molecule has 0 N–H and O–H groups in total. The van der Waals surface area contributed by atoms with E-state index in [1.54, 1.807) is 12.4 Å². The summed E-state index contributed by atoms with van der Waals surface area (Å²) in [5, 5.41) is 0.964. The largest absolute Gasteiger partial charge is 0.490 e. The van der Waals surface area contributed by atoms with E-state index in [1.165, 1.54) is 0 Å². The van der Waals surface area contributed by atoms with E-state index in [9.17, 15) is 4.79 Å². The Morgan fingerprint density at radius 3 is 2.33 bits per heavy atom. The van der Waals surface area contributed by atoms with Crippen LogP contribution in [0.15, 0.2) is 30.7 Å². The van der Waals surface area contributed by atoms with Gasteiger partial charge in [0.2, 0.25) is 0 Å². The van der Waals surface area contributed by atoms with Gasteiger partial charge in [-0.25, -0.2) is 4.79 Å². The second-order valence-corrected chi connectivity index (χ2v) is 10.7. The van der Waals surface area contributed by atoms with E-state index in [0.29, 0.717) is 0 Å². The molecule has 0 spiro atoms. The molecule has 0 radical (unpaired) electrons. The molecule has 5 rings (SSSR count). The summed E-state index contributed by atoms with van der Waals surface area (Å²) in [6.45, 7) is 5.78. The Bertz CT molecular complexity index is 964. The van der Waals surface area contributed by atoms with Gasteiger partial charge in [-0.2, -0.15) is 0 Å².